The summed E-state index contributed by atoms with van der Waals surface area (Å²) in [6.45, 7) is 3.64. The quantitative estimate of drug-likeness (QED) is 0.326. The largest absolute Gasteiger partial charge is 0.434 e. The molecule has 2 N–H and O–H groups in total. The van der Waals surface area contributed by atoms with Crippen LogP contribution in [0.15, 0.2) is 10.4 Å². The van der Waals surface area contributed by atoms with Crippen molar-refractivity contribution in [2.75, 3.05) is 26.7 Å². The number of nitrogens with one attached hydrogen (secondary N) is 2. The first kappa shape index (κ1) is 24.6. The predicted molar refractivity (Wildman–Crippen MR) is 122 cm³/mol. The van der Waals surface area contributed by atoms with E-state index in [1.54, 1.807) is 7.05 Å². The van der Waals surface area contributed by atoms with Crippen LogP contribution in [-0.4, -0.2) is 48.6 Å². The first-order valence-electron chi connectivity index (χ1n) is 10.1. The minimum Gasteiger partial charge on any atom is -0.354 e. The molecule has 5 nitrogen and oxygen atoms in total. The number of alkyl halides is 3. The Labute approximate surface area is 192 Å². The Morgan fingerprint density at radius 1 is 1.21 bits per heavy atom. The Morgan fingerprint density at radius 3 is 2.48 bits per heavy atom. The molecule has 0 amide bonds. The van der Waals surface area contributed by atoms with Gasteiger partial charge >= 0.3 is 6.18 Å². The summed E-state index contributed by atoms with van der Waals surface area (Å²) >= 11 is 1.01. The van der Waals surface area contributed by atoms with Crippen molar-refractivity contribution in [3.05, 3.63) is 16.1 Å². The number of guanidine groups is 1. The van der Waals surface area contributed by atoms with Crippen LogP contribution in [0.2, 0.25) is 0 Å². The number of hydrogen-bond donors (Lipinski definition) is 2. The number of likely N-dealkylation sites (tertiary alicyclic amines) is 1. The Bertz CT molecular complexity index is 638. The topological polar surface area (TPSA) is 52.6 Å². The number of nitrogens with zero attached hydrogens (tertiary/aromatic N) is 3. The fourth-order valence-corrected chi connectivity index (χ4v) is 4.80. The van der Waals surface area contributed by atoms with Gasteiger partial charge in [-0.1, -0.05) is 19.3 Å². The number of thiazole rings is 1. The Kier molecular flexibility index (Phi) is 9.93. The van der Waals surface area contributed by atoms with Crippen molar-refractivity contribution in [3.8, 4) is 0 Å². The highest BCUT2D eigenvalue weighted by Gasteiger charge is 2.33. The molecule has 166 valence electrons. The average molecular weight is 545 g/mol. The summed E-state index contributed by atoms with van der Waals surface area (Å²) in [5.41, 5.74) is -0.831. The van der Waals surface area contributed by atoms with Gasteiger partial charge in [0.25, 0.3) is 0 Å². The van der Waals surface area contributed by atoms with E-state index in [1.165, 1.54) is 38.6 Å². The molecule has 0 radical (unpaired) electrons. The molecule has 1 saturated heterocycles. The van der Waals surface area contributed by atoms with Gasteiger partial charge < -0.3 is 15.5 Å². The highest BCUT2D eigenvalue weighted by atomic mass is 127. The van der Waals surface area contributed by atoms with Crippen LogP contribution in [0.25, 0.3) is 0 Å². The molecule has 1 aromatic heterocycles. The van der Waals surface area contributed by atoms with E-state index in [1.807, 2.05) is 0 Å². The van der Waals surface area contributed by atoms with Crippen molar-refractivity contribution < 1.29 is 13.2 Å². The molecule has 10 heteroatoms. The summed E-state index contributed by atoms with van der Waals surface area (Å²) in [7, 11) is 1.68. The lowest BCUT2D eigenvalue weighted by Gasteiger charge is -2.36. The van der Waals surface area contributed by atoms with Gasteiger partial charge in [0.2, 0.25) is 0 Å². The first-order valence-corrected chi connectivity index (χ1v) is 11.0. The second-order valence-electron chi connectivity index (χ2n) is 7.77. The van der Waals surface area contributed by atoms with Crippen LogP contribution >= 0.6 is 35.3 Å². The molecule has 3 rings (SSSR count). The van der Waals surface area contributed by atoms with Crippen molar-refractivity contribution in [2.24, 2.45) is 10.9 Å². The smallest absolute Gasteiger partial charge is 0.354 e. The zero-order chi connectivity index (χ0) is 20.0. The van der Waals surface area contributed by atoms with E-state index in [0.717, 1.165) is 48.6 Å². The number of rotatable bonds is 5. The molecule has 2 aliphatic rings. The first-order chi connectivity index (χ1) is 13.4. The summed E-state index contributed by atoms with van der Waals surface area (Å²) in [5.74, 6) is 1.49. The summed E-state index contributed by atoms with van der Waals surface area (Å²) in [4.78, 5) is 10.4. The van der Waals surface area contributed by atoms with E-state index < -0.39 is 11.9 Å². The number of halogens is 4. The van der Waals surface area contributed by atoms with Crippen molar-refractivity contribution in [1.29, 1.82) is 0 Å². The maximum atomic E-state index is 12.6. The van der Waals surface area contributed by atoms with Crippen molar-refractivity contribution in [1.82, 2.24) is 20.5 Å². The lowest BCUT2D eigenvalue weighted by molar-refractivity contribution is -0.140. The minimum absolute atomic E-state index is 0. The average Bonchev–Trinajstić information content (AvgIpc) is 3.17. The molecular weight excluding hydrogens is 514 g/mol. The molecule has 1 aromatic rings. The van der Waals surface area contributed by atoms with Gasteiger partial charge in [-0.15, -0.1) is 35.3 Å². The number of aromatic nitrogens is 1. The molecule has 0 unspecified atom stereocenters. The van der Waals surface area contributed by atoms with Crippen LogP contribution in [0.1, 0.15) is 55.6 Å². The third-order valence-corrected chi connectivity index (χ3v) is 6.49. The van der Waals surface area contributed by atoms with Crippen LogP contribution in [0.5, 0.6) is 0 Å². The van der Waals surface area contributed by atoms with E-state index in [2.05, 4.69) is 25.5 Å². The molecule has 2 fully saturated rings. The third kappa shape index (κ3) is 7.86. The van der Waals surface area contributed by atoms with Gasteiger partial charge in [-0.05, 0) is 31.6 Å². The van der Waals surface area contributed by atoms with Gasteiger partial charge in [-0.3, -0.25) is 4.99 Å². The van der Waals surface area contributed by atoms with Gasteiger partial charge in [0.1, 0.15) is 5.01 Å². The molecule has 1 aliphatic carbocycles. The molecule has 1 aliphatic heterocycles. The standard InChI is InChI=1S/C19H30F3N5S.HI/c1-23-18(24-11-17-26-16(13-28-17)19(20,21)22)25-15-7-9-27(10-8-15)12-14-5-3-2-4-6-14;/h13-15H,2-12H2,1H3,(H2,23,24,25);1H. The number of piperidine rings is 1. The second kappa shape index (κ2) is 11.7. The fraction of sp³-hybridized carbons (Fsp3) is 0.789. The van der Waals surface area contributed by atoms with Crippen LogP contribution in [-0.2, 0) is 12.7 Å². The van der Waals surface area contributed by atoms with Gasteiger partial charge in [-0.2, -0.15) is 13.2 Å². The highest BCUT2D eigenvalue weighted by Crippen LogP contribution is 2.30. The molecular formula is C19H31F3IN5S. The summed E-state index contributed by atoms with van der Waals surface area (Å²) in [6, 6.07) is 0.343. The Morgan fingerprint density at radius 2 is 1.90 bits per heavy atom. The zero-order valence-electron chi connectivity index (χ0n) is 16.8. The van der Waals surface area contributed by atoms with Gasteiger partial charge in [0.15, 0.2) is 11.7 Å². The monoisotopic (exact) mass is 545 g/mol. The summed E-state index contributed by atoms with van der Waals surface area (Å²) in [5, 5.41) is 7.94. The molecule has 29 heavy (non-hydrogen) atoms. The Balaban J connectivity index is 0.00000300. The molecule has 2 heterocycles. The third-order valence-electron chi connectivity index (χ3n) is 5.64. The fourth-order valence-electron chi connectivity index (χ4n) is 4.06. The highest BCUT2D eigenvalue weighted by molar-refractivity contribution is 14.0. The molecule has 0 aromatic carbocycles. The van der Waals surface area contributed by atoms with Gasteiger partial charge in [0.05, 0.1) is 6.54 Å². The van der Waals surface area contributed by atoms with Gasteiger partial charge in [0, 0.05) is 38.1 Å². The zero-order valence-corrected chi connectivity index (χ0v) is 19.9. The molecule has 0 atom stereocenters. The van der Waals surface area contributed by atoms with Crippen LogP contribution in [0.3, 0.4) is 0 Å². The Hall–Kier alpha value is -0.620. The summed E-state index contributed by atoms with van der Waals surface area (Å²) in [6.07, 6.45) is 4.64. The minimum atomic E-state index is -4.39. The molecule has 0 bridgehead atoms. The molecule has 1 saturated carbocycles. The SMILES string of the molecule is CN=C(NCc1nc(C(F)(F)F)cs1)NC1CCN(CC2CCCCC2)CC1.I. The van der Waals surface area contributed by atoms with Gasteiger partial charge in [-0.25, -0.2) is 4.98 Å². The summed E-state index contributed by atoms with van der Waals surface area (Å²) < 4.78 is 37.9. The number of hydrogen-bond acceptors (Lipinski definition) is 4. The maximum absolute atomic E-state index is 12.6. The van der Waals surface area contributed by atoms with Crippen LogP contribution in [0.4, 0.5) is 13.2 Å². The van der Waals surface area contributed by atoms with Crippen LogP contribution < -0.4 is 10.6 Å². The van der Waals surface area contributed by atoms with Crippen molar-refractivity contribution in [2.45, 2.75) is 63.7 Å². The van der Waals surface area contributed by atoms with E-state index in [0.29, 0.717) is 17.0 Å². The van der Waals surface area contributed by atoms with Crippen LogP contribution in [0, 0.1) is 5.92 Å². The lowest BCUT2D eigenvalue weighted by atomic mass is 9.88. The number of aliphatic imine (C=N–C) groups is 1. The van der Waals surface area contributed by atoms with E-state index in [-0.39, 0.29) is 30.5 Å². The maximum Gasteiger partial charge on any atom is 0.434 e. The normalized spacial score (nSPS) is 20.3. The van der Waals surface area contributed by atoms with Crippen molar-refractivity contribution >= 4 is 41.3 Å². The van der Waals surface area contributed by atoms with E-state index in [9.17, 15) is 13.2 Å². The predicted octanol–water partition coefficient (Wildman–Crippen LogP) is 4.49. The molecule has 0 spiro atoms. The van der Waals surface area contributed by atoms with E-state index in [4.69, 9.17) is 0 Å². The van der Waals surface area contributed by atoms with Crippen molar-refractivity contribution in [3.63, 3.8) is 0 Å². The lowest BCUT2D eigenvalue weighted by Crippen LogP contribution is -2.49. The van der Waals surface area contributed by atoms with E-state index >= 15 is 0 Å². The second-order valence-corrected chi connectivity index (χ2v) is 8.72.